The Morgan fingerprint density at radius 1 is 1.12 bits per heavy atom. The Hall–Kier alpha value is -3.06. The maximum atomic E-state index is 13.6. The Labute approximate surface area is 255 Å². The van der Waals surface area contributed by atoms with Gasteiger partial charge in [0.25, 0.3) is 5.91 Å². The van der Waals surface area contributed by atoms with Crippen LogP contribution in [0, 0.1) is 0 Å². The zero-order chi connectivity index (χ0) is 29.2. The van der Waals surface area contributed by atoms with Gasteiger partial charge in [0, 0.05) is 49.8 Å². The minimum absolute atomic E-state index is 0. The number of hydrogen-bond acceptors (Lipinski definition) is 9. The SMILES string of the molecule is CCNc1cc(C(=O)N[C@@H](Cc2cccnc2)[C@@H](O)CNCc2cccc(OC)c2)cc(N2CCCCS2(O)O)c1.Cl. The molecule has 42 heavy (non-hydrogen) atoms. The average Bonchev–Trinajstić information content (AvgIpc) is 2.97. The van der Waals surface area contributed by atoms with Crippen molar-refractivity contribution in [2.75, 3.05) is 42.1 Å². The molecule has 1 fully saturated rings. The molecule has 1 aromatic heterocycles. The van der Waals surface area contributed by atoms with Crippen molar-refractivity contribution in [3.05, 3.63) is 83.7 Å². The Bertz CT molecular complexity index is 1290. The van der Waals surface area contributed by atoms with Crippen LogP contribution < -0.4 is 25.0 Å². The van der Waals surface area contributed by atoms with Gasteiger partial charge in [-0.05, 0) is 73.7 Å². The van der Waals surface area contributed by atoms with Crippen molar-refractivity contribution in [2.45, 2.75) is 44.9 Å². The van der Waals surface area contributed by atoms with Crippen molar-refractivity contribution >= 4 is 40.5 Å². The van der Waals surface area contributed by atoms with E-state index in [1.165, 1.54) is 0 Å². The first kappa shape index (κ1) is 33.4. The quantitative estimate of drug-likeness (QED) is 0.161. The highest BCUT2D eigenvalue weighted by Gasteiger charge is 2.28. The maximum absolute atomic E-state index is 13.6. The number of aliphatic hydroxyl groups is 1. The number of carbonyl (C=O) groups is 1. The molecule has 4 rings (SSSR count). The van der Waals surface area contributed by atoms with Gasteiger partial charge in [0.1, 0.15) is 5.75 Å². The number of anilines is 2. The molecule has 2 aromatic carbocycles. The number of aromatic nitrogens is 1. The summed E-state index contributed by atoms with van der Waals surface area (Å²) in [5, 5.41) is 20.7. The minimum atomic E-state index is -2.95. The van der Waals surface area contributed by atoms with E-state index in [1.807, 2.05) is 49.4 Å². The van der Waals surface area contributed by atoms with Gasteiger partial charge in [0.05, 0.1) is 30.7 Å². The molecule has 1 aliphatic heterocycles. The molecule has 3 aromatic rings. The monoisotopic (exact) mass is 619 g/mol. The number of nitrogens with one attached hydrogen (secondary N) is 3. The number of rotatable bonds is 13. The Morgan fingerprint density at radius 3 is 2.64 bits per heavy atom. The van der Waals surface area contributed by atoms with Crippen molar-refractivity contribution in [1.82, 2.24) is 15.6 Å². The first-order valence-corrected chi connectivity index (χ1v) is 15.6. The summed E-state index contributed by atoms with van der Waals surface area (Å²) in [6.07, 6.45) is 4.48. The third-order valence-corrected chi connectivity index (χ3v) is 8.94. The van der Waals surface area contributed by atoms with Gasteiger partial charge in [-0.2, -0.15) is 0 Å². The largest absolute Gasteiger partial charge is 0.497 e. The number of methoxy groups -OCH3 is 1. The highest BCUT2D eigenvalue weighted by molar-refractivity contribution is 8.25. The summed E-state index contributed by atoms with van der Waals surface area (Å²) in [5.41, 5.74) is 3.56. The first-order chi connectivity index (χ1) is 19.8. The van der Waals surface area contributed by atoms with E-state index < -0.39 is 22.9 Å². The second-order valence-corrected chi connectivity index (χ2v) is 12.3. The lowest BCUT2D eigenvalue weighted by atomic mass is 10.0. The summed E-state index contributed by atoms with van der Waals surface area (Å²) >= 11 is 0. The van der Waals surface area contributed by atoms with E-state index in [9.17, 15) is 19.0 Å². The molecule has 1 amide bonds. The summed E-state index contributed by atoms with van der Waals surface area (Å²) in [4.78, 5) is 17.8. The number of aliphatic hydroxyl groups excluding tert-OH is 1. The predicted molar refractivity (Wildman–Crippen MR) is 172 cm³/mol. The zero-order valence-electron chi connectivity index (χ0n) is 24.0. The molecule has 0 unspecified atom stereocenters. The number of amides is 1. The van der Waals surface area contributed by atoms with Gasteiger partial charge < -0.3 is 25.8 Å². The van der Waals surface area contributed by atoms with Crippen LogP contribution in [-0.2, 0) is 13.0 Å². The van der Waals surface area contributed by atoms with Crippen LogP contribution in [-0.4, -0.2) is 69.7 Å². The molecule has 0 bridgehead atoms. The topological polar surface area (TPSA) is 139 Å². The summed E-state index contributed by atoms with van der Waals surface area (Å²) in [5.74, 6) is 0.707. The second-order valence-electron chi connectivity index (χ2n) is 10.1. The number of nitrogens with zero attached hydrogens (tertiary/aromatic N) is 2. The van der Waals surface area contributed by atoms with Crippen molar-refractivity contribution in [1.29, 1.82) is 0 Å². The molecule has 230 valence electrons. The fourth-order valence-electron chi connectivity index (χ4n) is 4.89. The molecule has 10 nitrogen and oxygen atoms in total. The van der Waals surface area contributed by atoms with E-state index in [1.54, 1.807) is 35.9 Å². The lowest BCUT2D eigenvalue weighted by Crippen LogP contribution is -2.48. The molecule has 0 aliphatic carbocycles. The van der Waals surface area contributed by atoms with Crippen molar-refractivity contribution < 1.29 is 23.7 Å². The van der Waals surface area contributed by atoms with E-state index >= 15 is 0 Å². The highest BCUT2D eigenvalue weighted by Crippen LogP contribution is 2.50. The standard InChI is InChI=1S/C30H41N5O5S.ClH/c1-3-33-25-16-24(17-26(18-25)35-12-4-5-13-41(35,38)39)30(37)34-28(15-23-9-7-11-31-19-23)29(36)21-32-20-22-8-6-10-27(14-22)40-2;/h6-11,14,16-19,28-29,32-33,36,38-39H,3-5,12-13,15,20-21H2,1-2H3,(H,34,37);1H/t28-,29-;/m0./s1. The van der Waals surface area contributed by atoms with Crippen molar-refractivity contribution in [3.8, 4) is 5.75 Å². The van der Waals surface area contributed by atoms with Crippen LogP contribution in [0.15, 0.2) is 67.0 Å². The molecular weight excluding hydrogens is 578 g/mol. The van der Waals surface area contributed by atoms with Gasteiger partial charge in [-0.15, -0.1) is 23.2 Å². The van der Waals surface area contributed by atoms with Crippen LogP contribution in [0.4, 0.5) is 11.4 Å². The van der Waals surface area contributed by atoms with Crippen LogP contribution in [0.25, 0.3) is 0 Å². The van der Waals surface area contributed by atoms with Crippen LogP contribution in [0.2, 0.25) is 0 Å². The van der Waals surface area contributed by atoms with E-state index in [4.69, 9.17) is 4.74 Å². The van der Waals surface area contributed by atoms with Crippen molar-refractivity contribution in [2.24, 2.45) is 0 Å². The number of pyridine rings is 1. The van der Waals surface area contributed by atoms with Gasteiger partial charge >= 0.3 is 0 Å². The average molecular weight is 620 g/mol. The normalized spacial score (nSPS) is 16.5. The number of benzene rings is 2. The molecule has 0 spiro atoms. The van der Waals surface area contributed by atoms with Gasteiger partial charge in [0.2, 0.25) is 0 Å². The molecule has 0 radical (unpaired) electrons. The Morgan fingerprint density at radius 2 is 1.93 bits per heavy atom. The van der Waals surface area contributed by atoms with E-state index in [0.717, 1.165) is 29.7 Å². The molecule has 1 aliphatic rings. The summed E-state index contributed by atoms with van der Waals surface area (Å²) in [6, 6.07) is 16.1. The van der Waals surface area contributed by atoms with Gasteiger partial charge in [0.15, 0.2) is 0 Å². The number of hydrogen-bond donors (Lipinski definition) is 6. The molecule has 0 saturated carbocycles. The van der Waals surface area contributed by atoms with Gasteiger partial charge in [-0.3, -0.25) is 23.2 Å². The lowest BCUT2D eigenvalue weighted by Gasteiger charge is -2.47. The van der Waals surface area contributed by atoms with E-state index in [2.05, 4.69) is 20.9 Å². The fourth-order valence-corrected chi connectivity index (χ4v) is 6.57. The number of halogens is 1. The summed E-state index contributed by atoms with van der Waals surface area (Å²) < 4.78 is 28.3. The second kappa shape index (κ2) is 16.0. The number of ether oxygens (including phenoxy) is 1. The molecule has 6 N–H and O–H groups in total. The Balaban J connectivity index is 0.00000484. The molecule has 2 atom stereocenters. The summed E-state index contributed by atoms with van der Waals surface area (Å²) in [7, 11) is -1.33. The van der Waals surface area contributed by atoms with E-state index in [-0.39, 0.29) is 24.9 Å². The van der Waals surface area contributed by atoms with E-state index in [0.29, 0.717) is 48.7 Å². The molecular formula is C30H42ClN5O5S. The smallest absolute Gasteiger partial charge is 0.251 e. The van der Waals surface area contributed by atoms with Gasteiger partial charge in [-0.1, -0.05) is 18.2 Å². The third-order valence-electron chi connectivity index (χ3n) is 7.01. The lowest BCUT2D eigenvalue weighted by molar-refractivity contribution is 0.0830. The number of carbonyl (C=O) groups excluding carboxylic acids is 1. The van der Waals surface area contributed by atoms with Crippen molar-refractivity contribution in [3.63, 3.8) is 0 Å². The molecule has 12 heteroatoms. The van der Waals surface area contributed by atoms with Gasteiger partial charge in [-0.25, -0.2) is 0 Å². The predicted octanol–water partition coefficient (Wildman–Crippen LogP) is 4.70. The zero-order valence-corrected chi connectivity index (χ0v) is 25.7. The third kappa shape index (κ3) is 9.22. The maximum Gasteiger partial charge on any atom is 0.251 e. The highest BCUT2D eigenvalue weighted by atomic mass is 35.5. The first-order valence-electron chi connectivity index (χ1n) is 13.9. The minimum Gasteiger partial charge on any atom is -0.497 e. The molecule has 2 heterocycles. The van der Waals surface area contributed by atoms with Crippen LogP contribution in [0.5, 0.6) is 5.75 Å². The van der Waals surface area contributed by atoms with Crippen LogP contribution in [0.3, 0.4) is 0 Å². The Kier molecular flexibility index (Phi) is 12.7. The summed E-state index contributed by atoms with van der Waals surface area (Å²) in [6.45, 7) is 3.88. The van der Waals surface area contributed by atoms with Crippen LogP contribution in [0.1, 0.15) is 41.3 Å². The fraction of sp³-hybridized carbons (Fsp3) is 0.400. The molecule has 1 saturated heterocycles. The van der Waals surface area contributed by atoms with Crippen LogP contribution >= 0.6 is 23.2 Å².